The number of hydrogen-bond acceptors (Lipinski definition) is 5. The fraction of sp³-hybridized carbons (Fsp3) is 0.333. The summed E-state index contributed by atoms with van der Waals surface area (Å²) in [6.45, 7) is 6.01. The Kier molecular flexibility index (Phi) is 8.23. The Morgan fingerprint density at radius 2 is 1.73 bits per heavy atom. The van der Waals surface area contributed by atoms with Gasteiger partial charge in [0.1, 0.15) is 5.75 Å². The molecule has 0 saturated carbocycles. The summed E-state index contributed by atoms with van der Waals surface area (Å²) in [6.07, 6.45) is 1.64. The smallest absolute Gasteiger partial charge is 0.328 e. The number of sulfonamides is 1. The number of benzene rings is 2. The maximum atomic E-state index is 12.2. The number of rotatable bonds is 9. The van der Waals surface area contributed by atoms with E-state index >= 15 is 0 Å². The zero-order chi connectivity index (χ0) is 22.1. The van der Waals surface area contributed by atoms with Crippen LogP contribution in [0.15, 0.2) is 47.4 Å². The maximum absolute atomic E-state index is 12.2. The second-order valence-corrected chi connectivity index (χ2v) is 8.53. The third-order valence-electron chi connectivity index (χ3n) is 4.19. The number of nitrogens with one attached hydrogen (secondary N) is 3. The van der Waals surface area contributed by atoms with E-state index in [1.807, 2.05) is 43.7 Å². The number of urea groups is 1. The van der Waals surface area contributed by atoms with Crippen LogP contribution in [-0.2, 0) is 14.8 Å². The highest BCUT2D eigenvalue weighted by Crippen LogP contribution is 2.19. The Balaban J connectivity index is 1.91. The highest BCUT2D eigenvalue weighted by Gasteiger charge is 2.17. The summed E-state index contributed by atoms with van der Waals surface area (Å²) >= 11 is 0. The molecule has 2 aromatic rings. The van der Waals surface area contributed by atoms with Crippen molar-refractivity contribution in [2.24, 2.45) is 0 Å². The van der Waals surface area contributed by atoms with Crippen molar-refractivity contribution in [1.29, 1.82) is 0 Å². The van der Waals surface area contributed by atoms with E-state index in [2.05, 4.69) is 10.6 Å². The molecule has 0 radical (unpaired) electrons. The number of ether oxygens (including phenoxy) is 1. The van der Waals surface area contributed by atoms with Crippen LogP contribution in [0.4, 0.5) is 10.5 Å². The first-order chi connectivity index (χ1) is 14.2. The zero-order valence-electron chi connectivity index (χ0n) is 17.3. The Morgan fingerprint density at radius 1 is 1.03 bits per heavy atom. The van der Waals surface area contributed by atoms with E-state index in [1.54, 1.807) is 0 Å². The van der Waals surface area contributed by atoms with Gasteiger partial charge >= 0.3 is 6.03 Å². The van der Waals surface area contributed by atoms with Gasteiger partial charge in [0.05, 0.1) is 4.90 Å². The monoisotopic (exact) mass is 433 g/mol. The van der Waals surface area contributed by atoms with Crippen molar-refractivity contribution in [3.8, 4) is 5.75 Å². The summed E-state index contributed by atoms with van der Waals surface area (Å²) in [6, 6.07) is 10.5. The lowest BCUT2D eigenvalue weighted by molar-refractivity contribution is -0.118. The first-order valence-corrected chi connectivity index (χ1v) is 11.1. The largest absolute Gasteiger partial charge is 0.483 e. The SMILES string of the molecule is CCCCNC(=O)NS(=O)(=O)c1ccc(NC(=O)COc2cc(C)ccc2C)cc1. The average molecular weight is 434 g/mol. The molecule has 2 rings (SSSR count). The van der Waals surface area contributed by atoms with Crippen molar-refractivity contribution >= 4 is 27.6 Å². The van der Waals surface area contributed by atoms with Crippen LogP contribution >= 0.6 is 0 Å². The molecule has 0 spiro atoms. The number of unbranched alkanes of at least 4 members (excludes halogenated alkanes) is 1. The van der Waals surface area contributed by atoms with Crippen molar-refractivity contribution in [3.05, 3.63) is 53.6 Å². The van der Waals surface area contributed by atoms with Gasteiger partial charge in [-0.05, 0) is 61.7 Å². The predicted molar refractivity (Wildman–Crippen MR) is 115 cm³/mol. The van der Waals surface area contributed by atoms with Gasteiger partial charge in [0.25, 0.3) is 15.9 Å². The number of carbonyl (C=O) groups is 2. The van der Waals surface area contributed by atoms with Crippen molar-refractivity contribution in [1.82, 2.24) is 10.0 Å². The van der Waals surface area contributed by atoms with Crippen LogP contribution in [-0.4, -0.2) is 33.5 Å². The molecular formula is C21H27N3O5S. The molecule has 30 heavy (non-hydrogen) atoms. The van der Waals surface area contributed by atoms with E-state index in [0.29, 0.717) is 18.0 Å². The van der Waals surface area contributed by atoms with Crippen LogP contribution in [0.2, 0.25) is 0 Å². The minimum atomic E-state index is -4.00. The van der Waals surface area contributed by atoms with Crippen molar-refractivity contribution in [3.63, 3.8) is 0 Å². The number of carbonyl (C=O) groups excluding carboxylic acids is 2. The van der Waals surface area contributed by atoms with Crippen LogP contribution in [0.3, 0.4) is 0 Å². The highest BCUT2D eigenvalue weighted by molar-refractivity contribution is 7.90. The lowest BCUT2D eigenvalue weighted by Crippen LogP contribution is -2.39. The zero-order valence-corrected chi connectivity index (χ0v) is 18.1. The molecule has 2 aromatic carbocycles. The van der Waals surface area contributed by atoms with Gasteiger partial charge in [-0.25, -0.2) is 17.9 Å². The molecule has 8 nitrogen and oxygen atoms in total. The quantitative estimate of drug-likeness (QED) is 0.526. The van der Waals surface area contributed by atoms with Gasteiger partial charge in [-0.2, -0.15) is 0 Å². The predicted octanol–water partition coefficient (Wildman–Crippen LogP) is 3.11. The molecule has 3 amide bonds. The Hall–Kier alpha value is -3.07. The lowest BCUT2D eigenvalue weighted by Gasteiger charge is -2.11. The van der Waals surface area contributed by atoms with Crippen LogP contribution in [0.1, 0.15) is 30.9 Å². The van der Waals surface area contributed by atoms with Gasteiger partial charge < -0.3 is 15.4 Å². The summed E-state index contributed by atoms with van der Waals surface area (Å²) in [4.78, 5) is 23.7. The summed E-state index contributed by atoms with van der Waals surface area (Å²) < 4.78 is 32.0. The molecule has 0 bridgehead atoms. The molecule has 162 valence electrons. The minimum absolute atomic E-state index is 0.0854. The first-order valence-electron chi connectivity index (χ1n) is 9.62. The molecule has 0 heterocycles. The maximum Gasteiger partial charge on any atom is 0.328 e. The van der Waals surface area contributed by atoms with Crippen molar-refractivity contribution < 1.29 is 22.7 Å². The van der Waals surface area contributed by atoms with Crippen molar-refractivity contribution in [2.75, 3.05) is 18.5 Å². The molecule has 9 heteroatoms. The molecule has 0 aliphatic rings. The number of aryl methyl sites for hydroxylation is 2. The Labute approximate surface area is 177 Å². The molecule has 0 aromatic heterocycles. The van der Waals surface area contributed by atoms with Crippen LogP contribution in [0, 0.1) is 13.8 Å². The third kappa shape index (κ3) is 7.07. The second kappa shape index (κ2) is 10.6. The molecule has 0 atom stereocenters. The topological polar surface area (TPSA) is 114 Å². The lowest BCUT2D eigenvalue weighted by atomic mass is 10.1. The summed E-state index contributed by atoms with van der Waals surface area (Å²) in [7, 11) is -4.00. The third-order valence-corrected chi connectivity index (χ3v) is 5.54. The van der Waals surface area contributed by atoms with Gasteiger partial charge in [0.2, 0.25) is 0 Å². The van der Waals surface area contributed by atoms with Crippen molar-refractivity contribution in [2.45, 2.75) is 38.5 Å². The van der Waals surface area contributed by atoms with E-state index in [9.17, 15) is 18.0 Å². The molecule has 0 unspecified atom stereocenters. The number of hydrogen-bond donors (Lipinski definition) is 3. The summed E-state index contributed by atoms with van der Waals surface area (Å²) in [5.41, 5.74) is 2.37. The summed E-state index contributed by atoms with van der Waals surface area (Å²) in [5, 5.41) is 5.12. The standard InChI is InChI=1S/C21H27N3O5S/c1-4-5-12-22-21(26)24-30(27,28)18-10-8-17(9-11-18)23-20(25)14-29-19-13-15(2)6-7-16(19)3/h6-11,13H,4-5,12,14H2,1-3H3,(H,23,25)(H2,22,24,26). The molecule has 0 fully saturated rings. The Morgan fingerprint density at radius 3 is 2.40 bits per heavy atom. The van der Waals surface area contributed by atoms with Gasteiger partial charge in [-0.1, -0.05) is 25.5 Å². The second-order valence-electron chi connectivity index (χ2n) is 6.85. The number of anilines is 1. The molecular weight excluding hydrogens is 406 g/mol. The molecule has 0 saturated heterocycles. The first kappa shape index (κ1) is 23.2. The molecule has 0 aliphatic heterocycles. The summed E-state index contributed by atoms with van der Waals surface area (Å²) in [5.74, 6) is 0.259. The van der Waals surface area contributed by atoms with E-state index in [4.69, 9.17) is 4.74 Å². The van der Waals surface area contributed by atoms with Crippen LogP contribution < -0.4 is 20.1 Å². The fourth-order valence-electron chi connectivity index (χ4n) is 2.52. The van der Waals surface area contributed by atoms with E-state index < -0.39 is 16.1 Å². The van der Waals surface area contributed by atoms with Crippen LogP contribution in [0.5, 0.6) is 5.75 Å². The average Bonchev–Trinajstić information content (AvgIpc) is 2.69. The van der Waals surface area contributed by atoms with Gasteiger partial charge in [0, 0.05) is 12.2 Å². The normalized spacial score (nSPS) is 10.9. The van der Waals surface area contributed by atoms with Gasteiger partial charge in [0.15, 0.2) is 6.61 Å². The van der Waals surface area contributed by atoms with E-state index in [-0.39, 0.29) is 17.4 Å². The van der Waals surface area contributed by atoms with E-state index in [1.165, 1.54) is 24.3 Å². The van der Waals surface area contributed by atoms with E-state index in [0.717, 1.165) is 24.0 Å². The van der Waals surface area contributed by atoms with Crippen LogP contribution in [0.25, 0.3) is 0 Å². The molecule has 3 N–H and O–H groups in total. The molecule has 0 aliphatic carbocycles. The Bertz CT molecular complexity index is 988. The fourth-order valence-corrected chi connectivity index (χ4v) is 3.44. The highest BCUT2D eigenvalue weighted by atomic mass is 32.2. The minimum Gasteiger partial charge on any atom is -0.483 e. The number of amides is 3. The van der Waals surface area contributed by atoms with Gasteiger partial charge in [-0.15, -0.1) is 0 Å². The van der Waals surface area contributed by atoms with Gasteiger partial charge in [-0.3, -0.25) is 4.79 Å².